The predicted octanol–water partition coefficient (Wildman–Crippen LogP) is 2.71. The Morgan fingerprint density at radius 1 is 1.44 bits per heavy atom. The molecule has 1 aromatic heterocycles. The number of H-pyrrole nitrogens is 1. The van der Waals surface area contributed by atoms with Crippen LogP contribution in [0.2, 0.25) is 0 Å². The van der Waals surface area contributed by atoms with Crippen molar-refractivity contribution in [2.75, 3.05) is 13.7 Å². The summed E-state index contributed by atoms with van der Waals surface area (Å²) in [5.74, 6) is 0.752. The molecule has 0 bridgehead atoms. The summed E-state index contributed by atoms with van der Waals surface area (Å²) < 4.78 is 5.15. The van der Waals surface area contributed by atoms with E-state index in [0.29, 0.717) is 5.56 Å². The van der Waals surface area contributed by atoms with Crippen LogP contribution in [0.15, 0.2) is 24.4 Å². The van der Waals surface area contributed by atoms with Gasteiger partial charge in [0.1, 0.15) is 5.75 Å². The Bertz CT molecular complexity index is 546. The molecule has 0 aliphatic rings. The maximum Gasteiger partial charge on any atom is 0.253 e. The summed E-state index contributed by atoms with van der Waals surface area (Å²) in [7, 11) is 1.63. The minimum absolute atomic E-state index is 0.0279. The van der Waals surface area contributed by atoms with Gasteiger partial charge in [0, 0.05) is 29.7 Å². The van der Waals surface area contributed by atoms with E-state index in [1.165, 1.54) is 0 Å². The largest absolute Gasteiger partial charge is 0.497 e. The van der Waals surface area contributed by atoms with Crippen LogP contribution in [0.4, 0.5) is 0 Å². The zero-order chi connectivity index (χ0) is 13.0. The Labute approximate surface area is 106 Å². The fraction of sp³-hybridized carbons (Fsp3) is 0.357. The molecule has 1 heterocycles. The number of ether oxygens (including phenoxy) is 1. The number of hydrogen-bond acceptors (Lipinski definition) is 2. The summed E-state index contributed by atoms with van der Waals surface area (Å²) in [4.78, 5) is 15.1. The molecule has 2 rings (SSSR count). The lowest BCUT2D eigenvalue weighted by atomic mass is 10.1. The zero-order valence-electron chi connectivity index (χ0n) is 10.7. The van der Waals surface area contributed by atoms with Crippen LogP contribution in [0.1, 0.15) is 30.1 Å². The molecule has 0 unspecified atom stereocenters. The van der Waals surface area contributed by atoms with E-state index < -0.39 is 0 Å². The highest BCUT2D eigenvalue weighted by molar-refractivity contribution is 6.06. The fourth-order valence-electron chi connectivity index (χ4n) is 1.89. The molecule has 0 saturated carbocycles. The summed E-state index contributed by atoms with van der Waals surface area (Å²) in [6.07, 6.45) is 3.82. The molecular weight excluding hydrogens is 228 g/mol. The Kier molecular flexibility index (Phi) is 3.87. The normalized spacial score (nSPS) is 10.6. The lowest BCUT2D eigenvalue weighted by molar-refractivity contribution is 0.0955. The molecule has 18 heavy (non-hydrogen) atoms. The Morgan fingerprint density at radius 2 is 2.28 bits per heavy atom. The molecule has 4 heteroatoms. The Hall–Kier alpha value is -1.97. The van der Waals surface area contributed by atoms with Crippen molar-refractivity contribution < 1.29 is 9.53 Å². The second-order valence-electron chi connectivity index (χ2n) is 4.22. The topological polar surface area (TPSA) is 54.1 Å². The summed E-state index contributed by atoms with van der Waals surface area (Å²) >= 11 is 0. The molecular formula is C14H18N2O2. The number of aromatic nitrogens is 1. The van der Waals surface area contributed by atoms with E-state index in [4.69, 9.17) is 4.74 Å². The molecule has 0 saturated heterocycles. The third-order valence-electron chi connectivity index (χ3n) is 2.95. The smallest absolute Gasteiger partial charge is 0.253 e. The number of benzene rings is 1. The van der Waals surface area contributed by atoms with E-state index in [9.17, 15) is 4.79 Å². The number of rotatable bonds is 5. The predicted molar refractivity (Wildman–Crippen MR) is 72.1 cm³/mol. The van der Waals surface area contributed by atoms with Crippen LogP contribution in [0.5, 0.6) is 5.75 Å². The number of carbonyl (C=O) groups excluding carboxylic acids is 1. The first kappa shape index (κ1) is 12.5. The molecule has 96 valence electrons. The number of unbranched alkanes of at least 4 members (excludes halogenated alkanes) is 1. The second-order valence-corrected chi connectivity index (χ2v) is 4.22. The number of carbonyl (C=O) groups is 1. The van der Waals surface area contributed by atoms with Gasteiger partial charge in [-0.1, -0.05) is 13.3 Å². The molecule has 0 atom stereocenters. The van der Waals surface area contributed by atoms with Crippen LogP contribution in [-0.4, -0.2) is 24.5 Å². The minimum Gasteiger partial charge on any atom is -0.497 e. The fourth-order valence-corrected chi connectivity index (χ4v) is 1.89. The van der Waals surface area contributed by atoms with Gasteiger partial charge in [0.2, 0.25) is 0 Å². The van der Waals surface area contributed by atoms with Crippen molar-refractivity contribution in [3.63, 3.8) is 0 Å². The summed E-state index contributed by atoms with van der Waals surface area (Å²) in [6, 6.07) is 5.65. The summed E-state index contributed by atoms with van der Waals surface area (Å²) in [5, 5.41) is 3.84. The highest BCUT2D eigenvalue weighted by Gasteiger charge is 2.11. The number of aromatic amines is 1. The highest BCUT2D eigenvalue weighted by atomic mass is 16.5. The molecule has 0 spiro atoms. The Morgan fingerprint density at radius 3 is 3.00 bits per heavy atom. The Balaban J connectivity index is 2.21. The van der Waals surface area contributed by atoms with Gasteiger partial charge >= 0.3 is 0 Å². The maximum absolute atomic E-state index is 12.0. The van der Waals surface area contributed by atoms with Gasteiger partial charge in [-0.15, -0.1) is 0 Å². The molecule has 4 nitrogen and oxygen atoms in total. The maximum atomic E-state index is 12.0. The van der Waals surface area contributed by atoms with Crippen molar-refractivity contribution in [3.05, 3.63) is 30.0 Å². The van der Waals surface area contributed by atoms with Gasteiger partial charge in [0.05, 0.1) is 12.7 Å². The van der Waals surface area contributed by atoms with Crippen LogP contribution >= 0.6 is 0 Å². The minimum atomic E-state index is -0.0279. The molecule has 0 fully saturated rings. The molecule has 2 aromatic rings. The van der Waals surface area contributed by atoms with Gasteiger partial charge in [-0.25, -0.2) is 0 Å². The second kappa shape index (κ2) is 5.58. The van der Waals surface area contributed by atoms with E-state index in [2.05, 4.69) is 17.2 Å². The van der Waals surface area contributed by atoms with Crippen LogP contribution in [-0.2, 0) is 0 Å². The van der Waals surface area contributed by atoms with Gasteiger partial charge in [-0.2, -0.15) is 0 Å². The molecule has 1 aromatic carbocycles. The third kappa shape index (κ3) is 2.47. The number of methoxy groups -OCH3 is 1. The number of nitrogens with one attached hydrogen (secondary N) is 2. The summed E-state index contributed by atoms with van der Waals surface area (Å²) in [5.41, 5.74) is 1.60. The molecule has 0 aliphatic heterocycles. The van der Waals surface area contributed by atoms with E-state index >= 15 is 0 Å². The van der Waals surface area contributed by atoms with Crippen LogP contribution < -0.4 is 10.1 Å². The van der Waals surface area contributed by atoms with Crippen molar-refractivity contribution >= 4 is 16.8 Å². The van der Waals surface area contributed by atoms with Crippen molar-refractivity contribution in [2.24, 2.45) is 0 Å². The van der Waals surface area contributed by atoms with Gasteiger partial charge in [0.25, 0.3) is 5.91 Å². The lowest BCUT2D eigenvalue weighted by Crippen LogP contribution is -2.23. The first-order valence-corrected chi connectivity index (χ1v) is 6.19. The van der Waals surface area contributed by atoms with Crippen molar-refractivity contribution in [2.45, 2.75) is 19.8 Å². The quantitative estimate of drug-likeness (QED) is 0.797. The number of fused-ring (bicyclic) bond motifs is 1. The molecule has 1 amide bonds. The average Bonchev–Trinajstić information content (AvgIpc) is 2.81. The van der Waals surface area contributed by atoms with Crippen LogP contribution in [0.25, 0.3) is 10.9 Å². The average molecular weight is 246 g/mol. The standard InChI is InChI=1S/C14H18N2O2/c1-3-4-7-15-14(17)12-9-16-13-8-10(18-2)5-6-11(12)13/h5-6,8-9,16H,3-4,7H2,1-2H3,(H,15,17). The van der Waals surface area contributed by atoms with Crippen LogP contribution in [0.3, 0.4) is 0 Å². The van der Waals surface area contributed by atoms with E-state index in [0.717, 1.165) is 36.0 Å². The first-order chi connectivity index (χ1) is 8.76. The van der Waals surface area contributed by atoms with E-state index in [1.807, 2.05) is 18.2 Å². The number of hydrogen-bond donors (Lipinski definition) is 2. The SMILES string of the molecule is CCCCNC(=O)c1c[nH]c2cc(OC)ccc12. The zero-order valence-corrected chi connectivity index (χ0v) is 10.7. The van der Waals surface area contributed by atoms with Crippen LogP contribution in [0, 0.1) is 0 Å². The molecule has 0 aliphatic carbocycles. The lowest BCUT2D eigenvalue weighted by Gasteiger charge is -2.03. The van der Waals surface area contributed by atoms with Gasteiger partial charge in [-0.05, 0) is 18.6 Å². The highest BCUT2D eigenvalue weighted by Crippen LogP contribution is 2.23. The van der Waals surface area contributed by atoms with Gasteiger partial charge in [0.15, 0.2) is 0 Å². The van der Waals surface area contributed by atoms with Crippen molar-refractivity contribution in [3.8, 4) is 5.75 Å². The van der Waals surface area contributed by atoms with Gasteiger partial charge in [-0.3, -0.25) is 4.79 Å². The monoisotopic (exact) mass is 246 g/mol. The first-order valence-electron chi connectivity index (χ1n) is 6.19. The number of amides is 1. The van der Waals surface area contributed by atoms with E-state index in [1.54, 1.807) is 13.3 Å². The third-order valence-corrected chi connectivity index (χ3v) is 2.95. The van der Waals surface area contributed by atoms with Gasteiger partial charge < -0.3 is 15.0 Å². The molecule has 2 N–H and O–H groups in total. The molecule has 0 radical (unpaired) electrons. The van der Waals surface area contributed by atoms with Crippen molar-refractivity contribution in [1.82, 2.24) is 10.3 Å². The summed E-state index contributed by atoms with van der Waals surface area (Å²) in [6.45, 7) is 2.82. The van der Waals surface area contributed by atoms with Crippen molar-refractivity contribution in [1.29, 1.82) is 0 Å². The van der Waals surface area contributed by atoms with E-state index in [-0.39, 0.29) is 5.91 Å².